The summed E-state index contributed by atoms with van der Waals surface area (Å²) in [5.74, 6) is 1.10. The van der Waals surface area contributed by atoms with Gasteiger partial charge >= 0.3 is 0 Å². The van der Waals surface area contributed by atoms with Crippen molar-refractivity contribution in [1.29, 1.82) is 0 Å². The lowest BCUT2D eigenvalue weighted by atomic mass is 10.1. The lowest BCUT2D eigenvalue weighted by Gasteiger charge is -2.16. The van der Waals surface area contributed by atoms with Crippen LogP contribution in [0.5, 0.6) is 0 Å². The van der Waals surface area contributed by atoms with E-state index in [9.17, 15) is 15.3 Å². The monoisotopic (exact) mass is 362 g/mol. The largest absolute Gasteiger partial charge is 0.465 e. The molecule has 1 fully saturated rings. The highest BCUT2D eigenvalue weighted by Gasteiger charge is 2.44. The van der Waals surface area contributed by atoms with Gasteiger partial charge in [-0.25, -0.2) is 15.0 Å². The molecule has 3 aromatic heterocycles. The quantitative estimate of drug-likeness (QED) is 0.389. The minimum atomic E-state index is -1.22. The van der Waals surface area contributed by atoms with Gasteiger partial charge in [-0.15, -0.1) is 0 Å². The summed E-state index contributed by atoms with van der Waals surface area (Å²) in [6, 6.07) is 1.70. The summed E-state index contributed by atoms with van der Waals surface area (Å²) in [4.78, 5) is 12.6. The molecular formula is C15H18N6O5. The fourth-order valence-electron chi connectivity index (χ4n) is 2.94. The standard InChI is InChI=1S/C15H18N6O5/c16-7-1-8(25-4-7)2-17-13-10-14(19-5-18-13)21(6-20-10)15-12(24)11(23)9(3-22)26-15/h1,4-6,9,11-12,15,22-24H,2-3,16H2,(H,17,18,19)/t9-,11-,12+,15?/m1/s1. The van der Waals surface area contributed by atoms with Crippen molar-refractivity contribution < 1.29 is 24.5 Å². The maximum atomic E-state index is 10.2. The van der Waals surface area contributed by atoms with Crippen molar-refractivity contribution in [3.05, 3.63) is 30.7 Å². The third-order valence-corrected chi connectivity index (χ3v) is 4.25. The molecule has 4 atom stereocenters. The molecule has 3 aromatic rings. The van der Waals surface area contributed by atoms with Crippen molar-refractivity contribution in [3.8, 4) is 0 Å². The van der Waals surface area contributed by atoms with Crippen molar-refractivity contribution in [1.82, 2.24) is 19.5 Å². The number of rotatable bonds is 5. The first-order valence-corrected chi connectivity index (χ1v) is 7.95. The van der Waals surface area contributed by atoms with Crippen LogP contribution in [0.3, 0.4) is 0 Å². The first-order valence-electron chi connectivity index (χ1n) is 7.95. The molecule has 1 aliphatic rings. The molecule has 0 aromatic carbocycles. The summed E-state index contributed by atoms with van der Waals surface area (Å²) in [6.45, 7) is -0.0561. The van der Waals surface area contributed by atoms with Gasteiger partial charge in [0.05, 0.1) is 25.2 Å². The Morgan fingerprint density at radius 2 is 2.08 bits per heavy atom. The van der Waals surface area contributed by atoms with E-state index >= 15 is 0 Å². The smallest absolute Gasteiger partial charge is 0.167 e. The molecule has 0 aliphatic carbocycles. The van der Waals surface area contributed by atoms with Crippen LogP contribution in [-0.4, -0.2) is 59.8 Å². The molecule has 1 unspecified atom stereocenters. The molecule has 0 saturated carbocycles. The van der Waals surface area contributed by atoms with E-state index < -0.39 is 31.1 Å². The van der Waals surface area contributed by atoms with E-state index in [1.807, 2.05) is 0 Å². The fraction of sp³-hybridized carbons (Fsp3) is 0.400. The zero-order chi connectivity index (χ0) is 18.3. The number of aliphatic hydroxyl groups excluding tert-OH is 3. The summed E-state index contributed by atoms with van der Waals surface area (Å²) in [7, 11) is 0. The van der Waals surface area contributed by atoms with Crippen molar-refractivity contribution in [3.63, 3.8) is 0 Å². The van der Waals surface area contributed by atoms with E-state index in [-0.39, 0.29) is 0 Å². The highest BCUT2D eigenvalue weighted by atomic mass is 16.6. The van der Waals surface area contributed by atoms with Gasteiger partial charge in [0.1, 0.15) is 36.7 Å². The van der Waals surface area contributed by atoms with Crippen LogP contribution in [0.1, 0.15) is 12.0 Å². The maximum Gasteiger partial charge on any atom is 0.167 e. The average Bonchev–Trinajstić information content (AvgIpc) is 3.32. The number of nitrogens with zero attached hydrogens (tertiary/aromatic N) is 4. The van der Waals surface area contributed by atoms with Crippen molar-refractivity contribution in [2.45, 2.75) is 31.1 Å². The molecule has 0 bridgehead atoms. The van der Waals surface area contributed by atoms with Gasteiger partial charge in [-0.1, -0.05) is 0 Å². The number of furan rings is 1. The zero-order valence-corrected chi connectivity index (χ0v) is 13.6. The predicted octanol–water partition coefficient (Wildman–Crippen LogP) is -0.775. The molecule has 4 rings (SSSR count). The first-order chi connectivity index (χ1) is 12.6. The Labute approximate surface area is 147 Å². The van der Waals surface area contributed by atoms with Gasteiger partial charge in [0.15, 0.2) is 23.2 Å². The van der Waals surface area contributed by atoms with Crippen molar-refractivity contribution in [2.75, 3.05) is 17.7 Å². The highest BCUT2D eigenvalue weighted by Crippen LogP contribution is 2.32. The number of hydrogen-bond acceptors (Lipinski definition) is 10. The Morgan fingerprint density at radius 1 is 1.23 bits per heavy atom. The second-order valence-electron chi connectivity index (χ2n) is 5.98. The van der Waals surface area contributed by atoms with E-state index in [1.54, 1.807) is 6.07 Å². The van der Waals surface area contributed by atoms with E-state index in [0.29, 0.717) is 35.0 Å². The molecule has 11 nitrogen and oxygen atoms in total. The third-order valence-electron chi connectivity index (χ3n) is 4.25. The van der Waals surface area contributed by atoms with Crippen LogP contribution in [-0.2, 0) is 11.3 Å². The lowest BCUT2D eigenvalue weighted by Crippen LogP contribution is -2.33. The molecule has 6 N–H and O–H groups in total. The van der Waals surface area contributed by atoms with Gasteiger partial charge < -0.3 is 35.5 Å². The molecule has 138 valence electrons. The second-order valence-corrected chi connectivity index (χ2v) is 5.98. The van der Waals surface area contributed by atoms with Crippen LogP contribution in [0.25, 0.3) is 11.2 Å². The number of nitrogens with one attached hydrogen (secondary N) is 1. The molecule has 1 aliphatic heterocycles. The number of fused-ring (bicyclic) bond motifs is 1. The van der Waals surface area contributed by atoms with Crippen LogP contribution in [0.15, 0.2) is 29.4 Å². The first kappa shape index (κ1) is 16.7. The highest BCUT2D eigenvalue weighted by molar-refractivity contribution is 5.82. The number of nitrogen functional groups attached to an aromatic ring is 1. The molecular weight excluding hydrogens is 344 g/mol. The van der Waals surface area contributed by atoms with Crippen LogP contribution in [0, 0.1) is 0 Å². The number of hydrogen-bond donors (Lipinski definition) is 5. The lowest BCUT2D eigenvalue weighted by molar-refractivity contribution is -0.0511. The van der Waals surface area contributed by atoms with Gasteiger partial charge in [-0.2, -0.15) is 0 Å². The van der Waals surface area contributed by atoms with E-state index in [2.05, 4.69) is 20.3 Å². The van der Waals surface area contributed by atoms with Crippen LogP contribution in [0.2, 0.25) is 0 Å². The Kier molecular flexibility index (Phi) is 4.20. The Bertz CT molecular complexity index is 911. The van der Waals surface area contributed by atoms with Crippen LogP contribution < -0.4 is 11.1 Å². The second kappa shape index (κ2) is 6.53. The number of aromatic nitrogens is 4. The summed E-state index contributed by atoms with van der Waals surface area (Å²) in [5, 5.41) is 32.5. The molecule has 0 amide bonds. The maximum absolute atomic E-state index is 10.2. The van der Waals surface area contributed by atoms with E-state index in [4.69, 9.17) is 14.9 Å². The topological polar surface area (TPSA) is 165 Å². The molecule has 26 heavy (non-hydrogen) atoms. The Morgan fingerprint density at radius 3 is 2.77 bits per heavy atom. The van der Waals surface area contributed by atoms with Gasteiger partial charge in [0, 0.05) is 6.07 Å². The minimum absolute atomic E-state index is 0.351. The van der Waals surface area contributed by atoms with Gasteiger partial charge in [0.2, 0.25) is 0 Å². The summed E-state index contributed by atoms with van der Waals surface area (Å²) in [5.41, 5.74) is 7.03. The molecule has 0 spiro atoms. The predicted molar refractivity (Wildman–Crippen MR) is 88.8 cm³/mol. The van der Waals surface area contributed by atoms with E-state index in [0.717, 1.165) is 0 Å². The number of anilines is 2. The number of imidazole rings is 1. The SMILES string of the molecule is Nc1coc(CNc2ncnc3c2ncn3C2O[C@H](CO)[C@@H](O)[C@@H]2O)c1. The Balaban J connectivity index is 1.61. The van der Waals surface area contributed by atoms with Gasteiger partial charge in [-0.3, -0.25) is 4.57 Å². The average molecular weight is 362 g/mol. The number of nitrogens with two attached hydrogens (primary N) is 1. The summed E-state index contributed by atoms with van der Waals surface area (Å²) in [6.07, 6.45) is 0.0174. The third kappa shape index (κ3) is 2.76. The van der Waals surface area contributed by atoms with Crippen molar-refractivity contribution >= 4 is 22.7 Å². The summed E-state index contributed by atoms with van der Waals surface area (Å²) >= 11 is 0. The van der Waals surface area contributed by atoms with Gasteiger partial charge in [0.25, 0.3) is 0 Å². The zero-order valence-electron chi connectivity index (χ0n) is 13.6. The van der Waals surface area contributed by atoms with Crippen LogP contribution >= 0.6 is 0 Å². The number of ether oxygens (including phenoxy) is 1. The molecule has 11 heteroatoms. The minimum Gasteiger partial charge on any atom is -0.465 e. The van der Waals surface area contributed by atoms with E-state index in [1.165, 1.54) is 23.5 Å². The Hall–Kier alpha value is -2.73. The molecule has 1 saturated heterocycles. The molecule has 4 heterocycles. The fourth-order valence-corrected chi connectivity index (χ4v) is 2.94. The normalized spacial score (nSPS) is 25.8. The molecule has 0 radical (unpaired) electrons. The number of aliphatic hydroxyl groups is 3. The summed E-state index contributed by atoms with van der Waals surface area (Å²) < 4.78 is 12.3. The van der Waals surface area contributed by atoms with Crippen LogP contribution in [0.4, 0.5) is 11.5 Å². The van der Waals surface area contributed by atoms with Crippen molar-refractivity contribution in [2.24, 2.45) is 0 Å². The van der Waals surface area contributed by atoms with Gasteiger partial charge in [-0.05, 0) is 0 Å².